The van der Waals surface area contributed by atoms with Crippen LogP contribution < -0.4 is 15.5 Å². The van der Waals surface area contributed by atoms with E-state index in [0.717, 1.165) is 17.9 Å². The van der Waals surface area contributed by atoms with E-state index in [4.69, 9.17) is 12.2 Å². The lowest BCUT2D eigenvalue weighted by Gasteiger charge is -2.16. The van der Waals surface area contributed by atoms with Gasteiger partial charge < -0.3 is 15.5 Å². The first-order valence-electron chi connectivity index (χ1n) is 5.28. The number of anilines is 1. The molecule has 0 aliphatic rings. The molecule has 16 heavy (non-hydrogen) atoms. The van der Waals surface area contributed by atoms with Crippen molar-refractivity contribution in [3.05, 3.63) is 23.9 Å². The molecule has 5 heteroatoms. The fraction of sp³-hybridized carbons (Fsp3) is 0.455. The van der Waals surface area contributed by atoms with Gasteiger partial charge in [0.2, 0.25) is 0 Å². The second-order valence-corrected chi connectivity index (χ2v) is 4.00. The minimum absolute atomic E-state index is 0.677. The van der Waals surface area contributed by atoms with E-state index in [9.17, 15) is 0 Å². The second kappa shape index (κ2) is 6.27. The summed E-state index contributed by atoms with van der Waals surface area (Å²) >= 11 is 5.11. The zero-order valence-corrected chi connectivity index (χ0v) is 10.8. The Hall–Kier alpha value is -1.36. The maximum absolute atomic E-state index is 5.11. The van der Waals surface area contributed by atoms with Crippen LogP contribution in [0, 0.1) is 0 Å². The van der Waals surface area contributed by atoms with Gasteiger partial charge in [-0.05, 0) is 25.2 Å². The average Bonchev–Trinajstić information content (AvgIpc) is 2.27. The summed E-state index contributed by atoms with van der Waals surface area (Å²) in [6, 6.07) is 3.98. The number of pyridine rings is 1. The molecule has 0 saturated carbocycles. The van der Waals surface area contributed by atoms with Crippen LogP contribution in [0.3, 0.4) is 0 Å². The number of nitrogens with one attached hydrogen (secondary N) is 2. The fourth-order valence-electron chi connectivity index (χ4n) is 1.37. The molecule has 0 spiro atoms. The molecule has 0 amide bonds. The van der Waals surface area contributed by atoms with Gasteiger partial charge in [-0.15, -0.1) is 0 Å². The molecule has 0 aliphatic heterocycles. The lowest BCUT2D eigenvalue weighted by Crippen LogP contribution is -2.34. The summed E-state index contributed by atoms with van der Waals surface area (Å²) in [5, 5.41) is 6.88. The van der Waals surface area contributed by atoms with Crippen LogP contribution in [-0.4, -0.2) is 30.7 Å². The average molecular weight is 238 g/mol. The third-order valence-corrected chi connectivity index (χ3v) is 2.36. The summed E-state index contributed by atoms with van der Waals surface area (Å²) in [6.45, 7) is 3.54. The van der Waals surface area contributed by atoms with E-state index in [2.05, 4.69) is 15.6 Å². The van der Waals surface area contributed by atoms with Crippen molar-refractivity contribution < 1.29 is 0 Å². The highest BCUT2D eigenvalue weighted by atomic mass is 32.1. The molecule has 0 radical (unpaired) electrons. The first kappa shape index (κ1) is 12.7. The van der Waals surface area contributed by atoms with Crippen LogP contribution in [0.15, 0.2) is 18.3 Å². The van der Waals surface area contributed by atoms with Crippen LogP contribution in [0.25, 0.3) is 0 Å². The molecule has 0 unspecified atom stereocenters. The zero-order valence-electron chi connectivity index (χ0n) is 9.95. The molecule has 1 aromatic rings. The number of nitrogens with zero attached hydrogens (tertiary/aromatic N) is 2. The Kier molecular flexibility index (Phi) is 4.98. The topological polar surface area (TPSA) is 40.2 Å². The van der Waals surface area contributed by atoms with Crippen LogP contribution in [0.4, 0.5) is 5.82 Å². The summed E-state index contributed by atoms with van der Waals surface area (Å²) in [4.78, 5) is 6.32. The van der Waals surface area contributed by atoms with E-state index in [1.807, 2.05) is 38.1 Å². The molecular weight excluding hydrogens is 220 g/mol. The number of thiocarbonyl (C=S) groups is 1. The van der Waals surface area contributed by atoms with E-state index in [1.54, 1.807) is 6.20 Å². The Morgan fingerprint density at radius 1 is 1.44 bits per heavy atom. The number of aromatic nitrogens is 1. The second-order valence-electron chi connectivity index (χ2n) is 3.59. The van der Waals surface area contributed by atoms with E-state index < -0.39 is 0 Å². The monoisotopic (exact) mass is 238 g/mol. The molecule has 0 saturated heterocycles. The third-order valence-electron chi connectivity index (χ3n) is 2.07. The summed E-state index contributed by atoms with van der Waals surface area (Å²) in [5.41, 5.74) is 1.13. The van der Waals surface area contributed by atoms with Gasteiger partial charge in [0.05, 0.1) is 0 Å². The van der Waals surface area contributed by atoms with Gasteiger partial charge in [0, 0.05) is 38.9 Å². The van der Waals surface area contributed by atoms with Crippen molar-refractivity contribution in [2.45, 2.75) is 13.5 Å². The number of hydrogen-bond donors (Lipinski definition) is 2. The van der Waals surface area contributed by atoms with E-state index >= 15 is 0 Å². The van der Waals surface area contributed by atoms with Crippen molar-refractivity contribution in [2.24, 2.45) is 0 Å². The Morgan fingerprint density at radius 2 is 2.19 bits per heavy atom. The molecular formula is C11H18N4S. The third kappa shape index (κ3) is 3.66. The van der Waals surface area contributed by atoms with E-state index in [0.29, 0.717) is 11.7 Å². The molecule has 1 heterocycles. The van der Waals surface area contributed by atoms with E-state index in [1.165, 1.54) is 0 Å². The molecule has 2 N–H and O–H groups in total. The van der Waals surface area contributed by atoms with Crippen molar-refractivity contribution in [2.75, 3.05) is 25.5 Å². The maximum atomic E-state index is 5.11. The number of rotatable bonds is 4. The van der Waals surface area contributed by atoms with Gasteiger partial charge in [-0.2, -0.15) is 0 Å². The van der Waals surface area contributed by atoms with Crippen molar-refractivity contribution in [3.63, 3.8) is 0 Å². The molecule has 1 rings (SSSR count). The summed E-state index contributed by atoms with van der Waals surface area (Å²) in [6.07, 6.45) is 1.79. The smallest absolute Gasteiger partial charge is 0.166 e. The van der Waals surface area contributed by atoms with Gasteiger partial charge in [-0.1, -0.05) is 6.07 Å². The Labute approximate surface area is 102 Å². The minimum atomic E-state index is 0.677. The van der Waals surface area contributed by atoms with Gasteiger partial charge in [-0.25, -0.2) is 4.98 Å². The quantitative estimate of drug-likeness (QED) is 0.770. The molecule has 0 bridgehead atoms. The molecule has 0 aromatic carbocycles. The molecule has 0 atom stereocenters. The van der Waals surface area contributed by atoms with Gasteiger partial charge >= 0.3 is 0 Å². The molecule has 0 fully saturated rings. The molecule has 0 aliphatic carbocycles. The molecule has 4 nitrogen and oxygen atoms in total. The minimum Gasteiger partial charge on any atom is -0.363 e. The summed E-state index contributed by atoms with van der Waals surface area (Å²) in [7, 11) is 3.96. The Bertz CT molecular complexity index is 352. The van der Waals surface area contributed by atoms with Crippen molar-refractivity contribution >= 4 is 23.1 Å². The highest BCUT2D eigenvalue weighted by Crippen LogP contribution is 2.13. The van der Waals surface area contributed by atoms with Gasteiger partial charge in [-0.3, -0.25) is 0 Å². The normalized spacial score (nSPS) is 9.69. The van der Waals surface area contributed by atoms with Crippen molar-refractivity contribution in [1.29, 1.82) is 0 Å². The van der Waals surface area contributed by atoms with Crippen LogP contribution in [0.1, 0.15) is 12.5 Å². The first-order valence-corrected chi connectivity index (χ1v) is 5.69. The standard InChI is InChI=1S/C11H18N4S/c1-4-12-11(16)14-8-9-6-5-7-13-10(9)15(2)3/h5-7H,4,8H2,1-3H3,(H2,12,14,16). The fourth-order valence-corrected chi connectivity index (χ4v) is 1.59. The van der Waals surface area contributed by atoms with Gasteiger partial charge in [0.1, 0.15) is 5.82 Å². The highest BCUT2D eigenvalue weighted by molar-refractivity contribution is 7.80. The Morgan fingerprint density at radius 3 is 2.81 bits per heavy atom. The highest BCUT2D eigenvalue weighted by Gasteiger charge is 2.05. The van der Waals surface area contributed by atoms with E-state index in [-0.39, 0.29) is 0 Å². The lowest BCUT2D eigenvalue weighted by molar-refractivity contribution is 0.845. The zero-order chi connectivity index (χ0) is 12.0. The lowest BCUT2D eigenvalue weighted by atomic mass is 10.2. The molecule has 1 aromatic heterocycles. The van der Waals surface area contributed by atoms with Crippen LogP contribution in [0.5, 0.6) is 0 Å². The van der Waals surface area contributed by atoms with Crippen LogP contribution >= 0.6 is 12.2 Å². The van der Waals surface area contributed by atoms with Crippen molar-refractivity contribution in [3.8, 4) is 0 Å². The maximum Gasteiger partial charge on any atom is 0.166 e. The van der Waals surface area contributed by atoms with Gasteiger partial charge in [0.25, 0.3) is 0 Å². The largest absolute Gasteiger partial charge is 0.363 e. The summed E-state index contributed by atoms with van der Waals surface area (Å²) in [5.74, 6) is 0.967. The van der Waals surface area contributed by atoms with Crippen molar-refractivity contribution in [1.82, 2.24) is 15.6 Å². The number of hydrogen-bond acceptors (Lipinski definition) is 3. The summed E-state index contributed by atoms with van der Waals surface area (Å²) < 4.78 is 0. The predicted octanol–water partition coefficient (Wildman–Crippen LogP) is 1.13. The SMILES string of the molecule is CCNC(=S)NCc1cccnc1N(C)C. The first-order chi connectivity index (χ1) is 7.65. The van der Waals surface area contributed by atoms with Crippen LogP contribution in [-0.2, 0) is 6.54 Å². The molecule has 88 valence electrons. The predicted molar refractivity (Wildman–Crippen MR) is 71.7 cm³/mol. The van der Waals surface area contributed by atoms with Gasteiger partial charge in [0.15, 0.2) is 5.11 Å². The Balaban J connectivity index is 2.63. The van der Waals surface area contributed by atoms with Crippen LogP contribution in [0.2, 0.25) is 0 Å².